The molecule has 144 valence electrons. The highest BCUT2D eigenvalue weighted by atomic mass is 35.5. The van der Waals surface area contributed by atoms with E-state index in [2.05, 4.69) is 10.7 Å². The fourth-order valence-corrected chi connectivity index (χ4v) is 3.47. The number of imide groups is 1. The van der Waals surface area contributed by atoms with E-state index in [9.17, 15) is 19.2 Å². The second kappa shape index (κ2) is 7.96. The molecule has 2 fully saturated rings. The number of halogens is 1. The number of esters is 1. The Morgan fingerprint density at radius 1 is 1.15 bits per heavy atom. The quantitative estimate of drug-likeness (QED) is 0.585. The van der Waals surface area contributed by atoms with Crippen molar-refractivity contribution in [1.82, 2.24) is 15.8 Å². The van der Waals surface area contributed by atoms with Crippen LogP contribution in [0.15, 0.2) is 24.3 Å². The number of urea groups is 1. The Morgan fingerprint density at radius 3 is 2.48 bits per heavy atom. The van der Waals surface area contributed by atoms with Crippen molar-refractivity contribution in [3.63, 3.8) is 0 Å². The number of rotatable bonds is 5. The maximum atomic E-state index is 12.5. The summed E-state index contributed by atoms with van der Waals surface area (Å²) < 4.78 is 4.90. The van der Waals surface area contributed by atoms with E-state index in [1.165, 1.54) is 0 Å². The molecule has 0 radical (unpaired) electrons. The van der Waals surface area contributed by atoms with Gasteiger partial charge in [0.05, 0.1) is 6.42 Å². The van der Waals surface area contributed by atoms with E-state index >= 15 is 0 Å². The van der Waals surface area contributed by atoms with Crippen molar-refractivity contribution in [2.45, 2.75) is 44.1 Å². The molecule has 2 N–H and O–H groups in total. The number of hydrogen-bond donors (Lipinski definition) is 2. The highest BCUT2D eigenvalue weighted by molar-refractivity contribution is 6.30. The molecule has 2 aliphatic rings. The predicted octanol–water partition coefficient (Wildman–Crippen LogP) is 1.71. The van der Waals surface area contributed by atoms with Crippen molar-refractivity contribution in [2.75, 3.05) is 6.61 Å². The molecule has 0 bridgehead atoms. The molecular formula is C18H20ClN3O5. The van der Waals surface area contributed by atoms with Gasteiger partial charge in [-0.1, -0.05) is 43.0 Å². The van der Waals surface area contributed by atoms with Crippen molar-refractivity contribution >= 4 is 35.4 Å². The monoisotopic (exact) mass is 393 g/mol. The Balaban J connectivity index is 1.49. The van der Waals surface area contributed by atoms with E-state index in [1.807, 2.05) is 0 Å². The van der Waals surface area contributed by atoms with Gasteiger partial charge in [0.15, 0.2) is 6.61 Å². The van der Waals surface area contributed by atoms with Gasteiger partial charge in [0.25, 0.3) is 11.8 Å². The number of carbonyl (C=O) groups excluding carboxylic acids is 4. The first-order valence-electron chi connectivity index (χ1n) is 8.76. The van der Waals surface area contributed by atoms with Gasteiger partial charge in [-0.2, -0.15) is 5.01 Å². The average Bonchev–Trinajstić information content (AvgIpc) is 2.86. The number of nitrogens with zero attached hydrogens (tertiary/aromatic N) is 1. The van der Waals surface area contributed by atoms with Crippen LogP contribution < -0.4 is 10.7 Å². The van der Waals surface area contributed by atoms with Crippen molar-refractivity contribution in [2.24, 2.45) is 0 Å². The summed E-state index contributed by atoms with van der Waals surface area (Å²) in [6.45, 7) is -0.587. The molecule has 3 rings (SSSR count). The Hall–Kier alpha value is -2.61. The summed E-state index contributed by atoms with van der Waals surface area (Å²) in [4.78, 5) is 48.4. The Kier molecular flexibility index (Phi) is 5.65. The lowest BCUT2D eigenvalue weighted by Gasteiger charge is -2.30. The molecule has 0 atom stereocenters. The molecule has 4 amide bonds. The van der Waals surface area contributed by atoms with Crippen LogP contribution in [-0.2, 0) is 25.5 Å². The molecular weight excluding hydrogens is 374 g/mol. The molecule has 1 saturated carbocycles. The van der Waals surface area contributed by atoms with Crippen LogP contribution in [0, 0.1) is 0 Å². The minimum atomic E-state index is -0.923. The summed E-state index contributed by atoms with van der Waals surface area (Å²) >= 11 is 5.78. The lowest BCUT2D eigenvalue weighted by molar-refractivity contribution is -0.150. The van der Waals surface area contributed by atoms with Crippen LogP contribution >= 0.6 is 11.6 Å². The van der Waals surface area contributed by atoms with Crippen LogP contribution in [0.1, 0.15) is 37.7 Å². The first kappa shape index (κ1) is 19.2. The average molecular weight is 394 g/mol. The summed E-state index contributed by atoms with van der Waals surface area (Å²) in [5.74, 6) is -1.82. The lowest BCUT2D eigenvalue weighted by atomic mass is 9.82. The van der Waals surface area contributed by atoms with Gasteiger partial charge in [-0.25, -0.2) is 4.79 Å². The minimum Gasteiger partial charge on any atom is -0.455 e. The lowest BCUT2D eigenvalue weighted by Crippen LogP contribution is -2.51. The molecule has 1 saturated heterocycles. The number of hydrazine groups is 1. The van der Waals surface area contributed by atoms with Gasteiger partial charge in [-0.05, 0) is 30.5 Å². The molecule has 1 aromatic carbocycles. The molecule has 1 spiro atoms. The number of hydrogen-bond acceptors (Lipinski definition) is 5. The van der Waals surface area contributed by atoms with Crippen LogP contribution in [0.25, 0.3) is 0 Å². The van der Waals surface area contributed by atoms with Gasteiger partial charge in [0.2, 0.25) is 0 Å². The fraction of sp³-hybridized carbons (Fsp3) is 0.444. The van der Waals surface area contributed by atoms with Gasteiger partial charge in [0, 0.05) is 5.02 Å². The molecule has 1 heterocycles. The number of benzene rings is 1. The highest BCUT2D eigenvalue weighted by Gasteiger charge is 2.52. The molecule has 8 nitrogen and oxygen atoms in total. The van der Waals surface area contributed by atoms with E-state index in [4.69, 9.17) is 16.3 Å². The highest BCUT2D eigenvalue weighted by Crippen LogP contribution is 2.32. The van der Waals surface area contributed by atoms with Crippen molar-refractivity contribution in [3.8, 4) is 0 Å². The van der Waals surface area contributed by atoms with Crippen molar-refractivity contribution < 1.29 is 23.9 Å². The largest absolute Gasteiger partial charge is 0.455 e. The third-order valence-electron chi connectivity index (χ3n) is 4.73. The van der Waals surface area contributed by atoms with E-state index in [0.29, 0.717) is 28.4 Å². The van der Waals surface area contributed by atoms with E-state index in [-0.39, 0.29) is 6.42 Å². The van der Waals surface area contributed by atoms with E-state index < -0.39 is 36.0 Å². The van der Waals surface area contributed by atoms with Crippen LogP contribution in [0.2, 0.25) is 5.02 Å². The van der Waals surface area contributed by atoms with Gasteiger partial charge in [-0.15, -0.1) is 0 Å². The molecule has 1 aliphatic heterocycles. The van der Waals surface area contributed by atoms with Crippen LogP contribution in [0.3, 0.4) is 0 Å². The zero-order valence-corrected chi connectivity index (χ0v) is 15.4. The number of nitrogens with one attached hydrogen (secondary N) is 2. The number of ether oxygens (including phenoxy) is 1. The summed E-state index contributed by atoms with van der Waals surface area (Å²) in [5, 5.41) is 3.91. The molecule has 27 heavy (non-hydrogen) atoms. The zero-order chi connectivity index (χ0) is 19.4. The van der Waals surface area contributed by atoms with Gasteiger partial charge >= 0.3 is 12.0 Å². The third-order valence-corrected chi connectivity index (χ3v) is 4.98. The van der Waals surface area contributed by atoms with Gasteiger partial charge < -0.3 is 10.1 Å². The topological polar surface area (TPSA) is 105 Å². The zero-order valence-electron chi connectivity index (χ0n) is 14.6. The summed E-state index contributed by atoms with van der Waals surface area (Å²) in [7, 11) is 0. The number of carbonyl (C=O) groups is 4. The van der Waals surface area contributed by atoms with Gasteiger partial charge in [-0.3, -0.25) is 19.8 Å². The van der Waals surface area contributed by atoms with Crippen LogP contribution in [-0.4, -0.2) is 41.0 Å². The Morgan fingerprint density at radius 2 is 1.81 bits per heavy atom. The first-order chi connectivity index (χ1) is 12.9. The first-order valence-corrected chi connectivity index (χ1v) is 9.14. The van der Waals surface area contributed by atoms with Crippen LogP contribution in [0.4, 0.5) is 4.79 Å². The molecule has 0 unspecified atom stereocenters. The van der Waals surface area contributed by atoms with Gasteiger partial charge in [0.1, 0.15) is 5.54 Å². The van der Waals surface area contributed by atoms with Crippen molar-refractivity contribution in [1.29, 1.82) is 0 Å². The minimum absolute atomic E-state index is 0.0172. The summed E-state index contributed by atoms with van der Waals surface area (Å²) in [5.41, 5.74) is 1.98. The summed E-state index contributed by atoms with van der Waals surface area (Å²) in [6, 6.07) is 5.99. The standard InChI is InChI=1S/C18H20ClN3O5/c19-13-6-4-12(5-7-13)10-15(24)27-11-14(23)21-22-16(25)18(20-17(22)26)8-2-1-3-9-18/h4-7H,1-3,8-11H2,(H,20,26)(H,21,23). The molecule has 0 aromatic heterocycles. The molecule has 1 aliphatic carbocycles. The normalized spacial score (nSPS) is 18.3. The maximum absolute atomic E-state index is 12.5. The molecule has 1 aromatic rings. The Bertz CT molecular complexity index is 759. The Labute approximate surface area is 161 Å². The number of amides is 4. The summed E-state index contributed by atoms with van der Waals surface area (Å²) in [6.07, 6.45) is 3.80. The smallest absolute Gasteiger partial charge is 0.344 e. The SMILES string of the molecule is O=C(COC(=O)Cc1ccc(Cl)cc1)NN1C(=O)NC2(CCCCC2)C1=O. The maximum Gasteiger partial charge on any atom is 0.344 e. The van der Waals surface area contributed by atoms with Crippen molar-refractivity contribution in [3.05, 3.63) is 34.9 Å². The van der Waals surface area contributed by atoms with E-state index in [1.54, 1.807) is 24.3 Å². The fourth-order valence-electron chi connectivity index (χ4n) is 3.34. The third kappa shape index (κ3) is 4.39. The second-order valence-electron chi connectivity index (χ2n) is 6.71. The molecule has 9 heteroatoms. The predicted molar refractivity (Wildman–Crippen MR) is 95.5 cm³/mol. The second-order valence-corrected chi connectivity index (χ2v) is 7.15. The van der Waals surface area contributed by atoms with Crippen LogP contribution in [0.5, 0.6) is 0 Å². The van der Waals surface area contributed by atoms with E-state index in [0.717, 1.165) is 19.3 Å².